The van der Waals surface area contributed by atoms with E-state index in [1.807, 2.05) is 6.07 Å². The second kappa shape index (κ2) is 7.08. The number of Topliss-reactive ketones (excluding diaryl/α,β-unsaturated/α-hetero) is 1. The number of ether oxygens (including phenoxy) is 1. The van der Waals surface area contributed by atoms with Crippen molar-refractivity contribution in [2.45, 2.75) is 26.2 Å². The molecule has 0 unspecified atom stereocenters. The van der Waals surface area contributed by atoms with Gasteiger partial charge in [0.25, 0.3) is 0 Å². The third kappa shape index (κ3) is 4.58. The highest BCUT2D eigenvalue weighted by Gasteiger charge is 2.08. The lowest BCUT2D eigenvalue weighted by molar-refractivity contribution is 0.101. The summed E-state index contributed by atoms with van der Waals surface area (Å²) >= 11 is 3.32. The lowest BCUT2D eigenvalue weighted by Crippen LogP contribution is -2.03. The van der Waals surface area contributed by atoms with Crippen LogP contribution < -0.4 is 4.74 Å². The predicted molar refractivity (Wildman–Crippen MR) is 69.1 cm³/mol. The molecule has 1 rings (SSSR count). The molecule has 0 saturated heterocycles. The third-order valence-corrected chi connectivity index (χ3v) is 2.75. The van der Waals surface area contributed by atoms with Gasteiger partial charge in [-0.2, -0.15) is 5.26 Å². The Morgan fingerprint density at radius 3 is 2.88 bits per heavy atom. The van der Waals surface area contributed by atoms with Gasteiger partial charge < -0.3 is 4.74 Å². The molecule has 0 aliphatic rings. The molecule has 0 aliphatic heterocycles. The number of unbranched alkanes of at least 4 members (excludes halogenated alkanes) is 2. The molecule has 0 fully saturated rings. The van der Waals surface area contributed by atoms with E-state index in [0.29, 0.717) is 24.3 Å². The topological polar surface area (TPSA) is 50.1 Å². The number of rotatable bonds is 6. The summed E-state index contributed by atoms with van der Waals surface area (Å²) in [5, 5.41) is 8.39. The standard InChI is InChI=1S/C13H14BrNO2/c1-10(16)12-9-11(14)5-6-13(12)17-8-4-2-3-7-15/h5-6,9H,2-4,8H2,1H3. The maximum atomic E-state index is 11.4. The van der Waals surface area contributed by atoms with E-state index in [9.17, 15) is 4.79 Å². The van der Waals surface area contributed by atoms with Crippen LogP contribution in [0.15, 0.2) is 22.7 Å². The largest absolute Gasteiger partial charge is 0.493 e. The Balaban J connectivity index is 2.59. The minimum Gasteiger partial charge on any atom is -0.493 e. The van der Waals surface area contributed by atoms with Crippen LogP contribution >= 0.6 is 15.9 Å². The zero-order chi connectivity index (χ0) is 12.7. The third-order valence-electron chi connectivity index (χ3n) is 2.26. The highest BCUT2D eigenvalue weighted by molar-refractivity contribution is 9.10. The van der Waals surface area contributed by atoms with Crippen molar-refractivity contribution in [3.63, 3.8) is 0 Å². The van der Waals surface area contributed by atoms with E-state index < -0.39 is 0 Å². The van der Waals surface area contributed by atoms with Crippen molar-refractivity contribution in [2.24, 2.45) is 0 Å². The normalized spacial score (nSPS) is 9.71. The van der Waals surface area contributed by atoms with Gasteiger partial charge in [0, 0.05) is 10.9 Å². The van der Waals surface area contributed by atoms with Crippen LogP contribution in [0.25, 0.3) is 0 Å². The van der Waals surface area contributed by atoms with Crippen LogP contribution in [0.2, 0.25) is 0 Å². The molecule has 0 aliphatic carbocycles. The van der Waals surface area contributed by atoms with E-state index in [1.54, 1.807) is 12.1 Å². The highest BCUT2D eigenvalue weighted by Crippen LogP contribution is 2.23. The molecule has 0 amide bonds. The van der Waals surface area contributed by atoms with E-state index in [2.05, 4.69) is 22.0 Å². The molecule has 0 N–H and O–H groups in total. The molecule has 17 heavy (non-hydrogen) atoms. The maximum absolute atomic E-state index is 11.4. The highest BCUT2D eigenvalue weighted by atomic mass is 79.9. The van der Waals surface area contributed by atoms with Crippen LogP contribution in [0.1, 0.15) is 36.5 Å². The van der Waals surface area contributed by atoms with E-state index in [-0.39, 0.29) is 5.78 Å². The number of benzene rings is 1. The number of nitriles is 1. The van der Waals surface area contributed by atoms with Crippen molar-refractivity contribution in [2.75, 3.05) is 6.61 Å². The average Bonchev–Trinajstić information content (AvgIpc) is 2.30. The maximum Gasteiger partial charge on any atom is 0.163 e. The number of carbonyl (C=O) groups excluding carboxylic acids is 1. The molecule has 90 valence electrons. The van der Waals surface area contributed by atoms with Crippen molar-refractivity contribution >= 4 is 21.7 Å². The SMILES string of the molecule is CC(=O)c1cc(Br)ccc1OCCCCC#N. The van der Waals surface area contributed by atoms with Gasteiger partial charge in [0.1, 0.15) is 5.75 Å². The zero-order valence-electron chi connectivity index (χ0n) is 9.70. The summed E-state index contributed by atoms with van der Waals surface area (Å²) < 4.78 is 6.41. The fraction of sp³-hybridized carbons (Fsp3) is 0.385. The van der Waals surface area contributed by atoms with Gasteiger partial charge >= 0.3 is 0 Å². The fourth-order valence-corrected chi connectivity index (χ4v) is 1.75. The van der Waals surface area contributed by atoms with E-state index in [0.717, 1.165) is 17.3 Å². The first kappa shape index (κ1) is 13.7. The number of carbonyl (C=O) groups is 1. The van der Waals surface area contributed by atoms with Crippen molar-refractivity contribution in [3.05, 3.63) is 28.2 Å². The fourth-order valence-electron chi connectivity index (χ4n) is 1.39. The second-order valence-electron chi connectivity index (χ2n) is 3.66. The summed E-state index contributed by atoms with van der Waals surface area (Å²) in [6.07, 6.45) is 2.19. The van der Waals surface area contributed by atoms with Crippen LogP contribution in [0, 0.1) is 11.3 Å². The Morgan fingerprint density at radius 1 is 1.47 bits per heavy atom. The van der Waals surface area contributed by atoms with Crippen LogP contribution in [-0.2, 0) is 0 Å². The van der Waals surface area contributed by atoms with Crippen molar-refractivity contribution in [3.8, 4) is 11.8 Å². The predicted octanol–water partition coefficient (Wildman–Crippen LogP) is 3.72. The Hall–Kier alpha value is -1.34. The Labute approximate surface area is 110 Å². The molecule has 0 radical (unpaired) electrons. The summed E-state index contributed by atoms with van der Waals surface area (Å²) in [4.78, 5) is 11.4. The summed E-state index contributed by atoms with van der Waals surface area (Å²) in [6, 6.07) is 7.47. The minimum atomic E-state index is -0.0154. The van der Waals surface area contributed by atoms with Gasteiger partial charge in [-0.15, -0.1) is 0 Å². The molecule has 3 nitrogen and oxygen atoms in total. The first-order valence-corrected chi connectivity index (χ1v) is 6.24. The van der Waals surface area contributed by atoms with Gasteiger partial charge in [0.05, 0.1) is 18.2 Å². The van der Waals surface area contributed by atoms with Crippen molar-refractivity contribution < 1.29 is 9.53 Å². The quantitative estimate of drug-likeness (QED) is 0.593. The molecule has 1 aromatic carbocycles. The summed E-state index contributed by atoms with van der Waals surface area (Å²) in [7, 11) is 0. The van der Waals surface area contributed by atoms with Crippen LogP contribution in [0.4, 0.5) is 0 Å². The second-order valence-corrected chi connectivity index (χ2v) is 4.58. The molecule has 1 aromatic rings. The van der Waals surface area contributed by atoms with Crippen LogP contribution in [-0.4, -0.2) is 12.4 Å². The summed E-state index contributed by atoms with van der Waals surface area (Å²) in [6.45, 7) is 2.05. The molecule has 0 bridgehead atoms. The average molecular weight is 296 g/mol. The Bertz CT molecular complexity index is 438. The number of halogens is 1. The van der Waals surface area contributed by atoms with Gasteiger partial charge in [0.2, 0.25) is 0 Å². The number of hydrogen-bond donors (Lipinski definition) is 0. The molecular formula is C13H14BrNO2. The van der Waals surface area contributed by atoms with Crippen molar-refractivity contribution in [1.82, 2.24) is 0 Å². The molecule has 0 atom stereocenters. The molecule has 0 aromatic heterocycles. The summed E-state index contributed by atoms with van der Waals surface area (Å²) in [5.74, 6) is 0.594. The molecule has 0 heterocycles. The van der Waals surface area contributed by atoms with Crippen LogP contribution in [0.5, 0.6) is 5.75 Å². The first-order chi connectivity index (χ1) is 8.15. The van der Waals surface area contributed by atoms with Gasteiger partial charge in [-0.1, -0.05) is 15.9 Å². The number of nitrogens with zero attached hydrogens (tertiary/aromatic N) is 1. The first-order valence-electron chi connectivity index (χ1n) is 5.45. The Kier molecular flexibility index (Phi) is 5.71. The van der Waals surface area contributed by atoms with E-state index >= 15 is 0 Å². The van der Waals surface area contributed by atoms with E-state index in [4.69, 9.17) is 10.00 Å². The minimum absolute atomic E-state index is 0.0154. The van der Waals surface area contributed by atoms with E-state index in [1.165, 1.54) is 6.92 Å². The monoisotopic (exact) mass is 295 g/mol. The number of hydrogen-bond acceptors (Lipinski definition) is 3. The molecule has 4 heteroatoms. The summed E-state index contributed by atoms with van der Waals surface area (Å²) in [5.41, 5.74) is 0.583. The Morgan fingerprint density at radius 2 is 2.24 bits per heavy atom. The van der Waals surface area contributed by atoms with Gasteiger partial charge in [-0.3, -0.25) is 4.79 Å². The van der Waals surface area contributed by atoms with Gasteiger partial charge in [0.15, 0.2) is 5.78 Å². The van der Waals surface area contributed by atoms with Crippen LogP contribution in [0.3, 0.4) is 0 Å². The van der Waals surface area contributed by atoms with Crippen molar-refractivity contribution in [1.29, 1.82) is 5.26 Å². The zero-order valence-corrected chi connectivity index (χ0v) is 11.3. The lowest BCUT2D eigenvalue weighted by atomic mass is 10.1. The smallest absolute Gasteiger partial charge is 0.163 e. The van der Waals surface area contributed by atoms with Gasteiger partial charge in [-0.25, -0.2) is 0 Å². The molecule has 0 saturated carbocycles. The molecule has 0 spiro atoms. The molecular weight excluding hydrogens is 282 g/mol. The lowest BCUT2D eigenvalue weighted by Gasteiger charge is -2.09. The number of ketones is 1. The van der Waals surface area contributed by atoms with Gasteiger partial charge in [-0.05, 0) is 38.0 Å².